The van der Waals surface area contributed by atoms with Crippen LogP contribution in [-0.4, -0.2) is 35.9 Å². The molecule has 0 bridgehead atoms. The van der Waals surface area contributed by atoms with Gasteiger partial charge in [-0.1, -0.05) is 0 Å². The Hall–Kier alpha value is -1.82. The van der Waals surface area contributed by atoms with Gasteiger partial charge in [-0.25, -0.2) is 9.78 Å². The molecule has 0 radical (unpaired) electrons. The molecule has 2 unspecified atom stereocenters. The summed E-state index contributed by atoms with van der Waals surface area (Å²) in [7, 11) is 1.62. The van der Waals surface area contributed by atoms with Crippen molar-refractivity contribution in [3.8, 4) is 5.88 Å². The van der Waals surface area contributed by atoms with E-state index in [2.05, 4.69) is 15.6 Å². The summed E-state index contributed by atoms with van der Waals surface area (Å²) < 4.78 is 10.5. The van der Waals surface area contributed by atoms with Crippen molar-refractivity contribution in [1.29, 1.82) is 0 Å². The summed E-state index contributed by atoms with van der Waals surface area (Å²) >= 11 is 0. The molecule has 2 rings (SSSR count). The maximum absolute atomic E-state index is 11.9. The van der Waals surface area contributed by atoms with Gasteiger partial charge in [0.15, 0.2) is 0 Å². The van der Waals surface area contributed by atoms with Gasteiger partial charge in [0.2, 0.25) is 5.88 Å². The van der Waals surface area contributed by atoms with E-state index in [1.54, 1.807) is 13.3 Å². The number of methoxy groups -OCH3 is 1. The molecule has 0 spiro atoms. The molecular formula is C18H29N3O3. The van der Waals surface area contributed by atoms with E-state index in [0.29, 0.717) is 11.9 Å². The maximum atomic E-state index is 11.9. The zero-order chi connectivity index (χ0) is 17.6. The average molecular weight is 335 g/mol. The number of pyridine rings is 1. The second-order valence-electron chi connectivity index (χ2n) is 7.29. The van der Waals surface area contributed by atoms with Gasteiger partial charge in [0.05, 0.1) is 7.11 Å². The second kappa shape index (κ2) is 8.33. The molecule has 6 nitrogen and oxygen atoms in total. The molecule has 0 saturated heterocycles. The van der Waals surface area contributed by atoms with Gasteiger partial charge >= 0.3 is 6.09 Å². The van der Waals surface area contributed by atoms with E-state index in [4.69, 9.17) is 9.47 Å². The summed E-state index contributed by atoms with van der Waals surface area (Å²) in [6.07, 6.45) is 5.56. The van der Waals surface area contributed by atoms with Crippen LogP contribution < -0.4 is 15.4 Å². The molecule has 1 aromatic rings. The summed E-state index contributed by atoms with van der Waals surface area (Å²) in [6, 6.07) is 4.47. The lowest BCUT2D eigenvalue weighted by molar-refractivity contribution is 0.0488. The summed E-state index contributed by atoms with van der Waals surface area (Å²) in [5.74, 6) is 0.627. The Labute approximate surface area is 144 Å². The van der Waals surface area contributed by atoms with Gasteiger partial charge in [-0.05, 0) is 58.1 Å². The third kappa shape index (κ3) is 6.35. The molecule has 1 saturated carbocycles. The molecule has 1 amide bonds. The number of carbonyl (C=O) groups is 1. The van der Waals surface area contributed by atoms with Crippen LogP contribution >= 0.6 is 0 Å². The number of hydrogen-bond acceptors (Lipinski definition) is 5. The van der Waals surface area contributed by atoms with Gasteiger partial charge in [0.25, 0.3) is 0 Å². The van der Waals surface area contributed by atoms with Gasteiger partial charge in [-0.2, -0.15) is 0 Å². The van der Waals surface area contributed by atoms with Crippen molar-refractivity contribution >= 4 is 6.09 Å². The standard InChI is InChI=1S/C18H29N3O3/c1-18(2,3)24-17(22)21-15-7-5-6-14(11-15)20-12-13-8-9-19-16(10-13)23-4/h8-10,14-15,20H,5-7,11-12H2,1-4H3,(H,21,22). The number of nitrogens with one attached hydrogen (secondary N) is 2. The molecule has 1 aliphatic carbocycles. The Bertz CT molecular complexity index is 543. The highest BCUT2D eigenvalue weighted by Gasteiger charge is 2.25. The predicted molar refractivity (Wildman–Crippen MR) is 93.0 cm³/mol. The number of hydrogen-bond donors (Lipinski definition) is 2. The Morgan fingerprint density at radius 2 is 2.08 bits per heavy atom. The van der Waals surface area contributed by atoms with Crippen molar-refractivity contribution < 1.29 is 14.3 Å². The minimum Gasteiger partial charge on any atom is -0.481 e. The number of alkyl carbamates (subject to hydrolysis) is 1. The molecule has 134 valence electrons. The third-order valence-electron chi connectivity index (χ3n) is 4.00. The van der Waals surface area contributed by atoms with Crippen molar-refractivity contribution in [3.63, 3.8) is 0 Å². The van der Waals surface area contributed by atoms with E-state index in [1.807, 2.05) is 32.9 Å². The first-order valence-electron chi connectivity index (χ1n) is 8.57. The van der Waals surface area contributed by atoms with Crippen LogP contribution in [0.2, 0.25) is 0 Å². The monoisotopic (exact) mass is 335 g/mol. The largest absolute Gasteiger partial charge is 0.481 e. The van der Waals surface area contributed by atoms with Crippen molar-refractivity contribution in [2.24, 2.45) is 0 Å². The lowest BCUT2D eigenvalue weighted by Crippen LogP contribution is -2.45. The zero-order valence-electron chi connectivity index (χ0n) is 15.1. The minimum atomic E-state index is -0.462. The molecular weight excluding hydrogens is 306 g/mol. The highest BCUT2D eigenvalue weighted by molar-refractivity contribution is 5.68. The fourth-order valence-electron chi connectivity index (χ4n) is 2.91. The van der Waals surface area contributed by atoms with Crippen LogP contribution in [0.25, 0.3) is 0 Å². The number of ether oxygens (including phenoxy) is 2. The molecule has 1 aromatic heterocycles. The van der Waals surface area contributed by atoms with Crippen molar-refractivity contribution in [2.75, 3.05) is 7.11 Å². The molecule has 2 N–H and O–H groups in total. The van der Waals surface area contributed by atoms with E-state index >= 15 is 0 Å². The number of amides is 1. The minimum absolute atomic E-state index is 0.165. The second-order valence-corrected chi connectivity index (χ2v) is 7.29. The highest BCUT2D eigenvalue weighted by Crippen LogP contribution is 2.20. The Morgan fingerprint density at radius 1 is 1.33 bits per heavy atom. The predicted octanol–water partition coefficient (Wildman–Crippen LogP) is 3.02. The lowest BCUT2D eigenvalue weighted by atomic mass is 9.91. The Morgan fingerprint density at radius 3 is 2.79 bits per heavy atom. The molecule has 0 aliphatic heterocycles. The summed E-state index contributed by atoms with van der Waals surface area (Å²) in [6.45, 7) is 6.39. The lowest BCUT2D eigenvalue weighted by Gasteiger charge is -2.31. The summed E-state index contributed by atoms with van der Waals surface area (Å²) in [4.78, 5) is 16.0. The van der Waals surface area contributed by atoms with Crippen LogP contribution in [0.15, 0.2) is 18.3 Å². The SMILES string of the molecule is COc1cc(CNC2CCCC(NC(=O)OC(C)(C)C)C2)ccn1. The summed E-state index contributed by atoms with van der Waals surface area (Å²) in [5, 5.41) is 6.56. The molecule has 1 fully saturated rings. The van der Waals surface area contributed by atoms with Gasteiger partial charge < -0.3 is 20.1 Å². The number of aromatic nitrogens is 1. The first-order chi connectivity index (χ1) is 11.4. The van der Waals surface area contributed by atoms with Gasteiger partial charge in [0, 0.05) is 30.9 Å². The van der Waals surface area contributed by atoms with Crippen molar-refractivity contribution in [2.45, 2.75) is 70.7 Å². The fourth-order valence-corrected chi connectivity index (χ4v) is 2.91. The first-order valence-corrected chi connectivity index (χ1v) is 8.57. The van der Waals surface area contributed by atoms with Gasteiger partial charge in [-0.15, -0.1) is 0 Å². The number of carbonyl (C=O) groups excluding carboxylic acids is 1. The van der Waals surface area contributed by atoms with E-state index in [0.717, 1.165) is 37.8 Å². The van der Waals surface area contributed by atoms with Crippen LogP contribution in [0.3, 0.4) is 0 Å². The van der Waals surface area contributed by atoms with E-state index in [-0.39, 0.29) is 12.1 Å². The smallest absolute Gasteiger partial charge is 0.407 e. The summed E-state index contributed by atoms with van der Waals surface area (Å²) in [5.41, 5.74) is 0.681. The fraction of sp³-hybridized carbons (Fsp3) is 0.667. The van der Waals surface area contributed by atoms with Crippen molar-refractivity contribution in [3.05, 3.63) is 23.9 Å². The van der Waals surface area contributed by atoms with Crippen LogP contribution in [0, 0.1) is 0 Å². The van der Waals surface area contributed by atoms with E-state index < -0.39 is 5.60 Å². The van der Waals surface area contributed by atoms with E-state index in [9.17, 15) is 4.79 Å². The Balaban J connectivity index is 1.79. The molecule has 24 heavy (non-hydrogen) atoms. The average Bonchev–Trinajstić information content (AvgIpc) is 2.51. The normalized spacial score (nSPS) is 21.2. The number of rotatable bonds is 5. The van der Waals surface area contributed by atoms with E-state index in [1.165, 1.54) is 0 Å². The van der Waals surface area contributed by atoms with Crippen LogP contribution in [0.1, 0.15) is 52.0 Å². The van der Waals surface area contributed by atoms with Crippen molar-refractivity contribution in [1.82, 2.24) is 15.6 Å². The maximum Gasteiger partial charge on any atom is 0.407 e. The highest BCUT2D eigenvalue weighted by atomic mass is 16.6. The van der Waals surface area contributed by atoms with Gasteiger partial charge in [0.1, 0.15) is 5.60 Å². The molecule has 2 atom stereocenters. The zero-order valence-corrected chi connectivity index (χ0v) is 15.1. The van der Waals surface area contributed by atoms with Crippen LogP contribution in [-0.2, 0) is 11.3 Å². The van der Waals surface area contributed by atoms with Crippen LogP contribution in [0.5, 0.6) is 5.88 Å². The number of nitrogens with zero attached hydrogens (tertiary/aromatic N) is 1. The van der Waals surface area contributed by atoms with Gasteiger partial charge in [-0.3, -0.25) is 0 Å². The molecule has 1 aliphatic rings. The third-order valence-corrected chi connectivity index (χ3v) is 4.00. The molecule has 1 heterocycles. The quantitative estimate of drug-likeness (QED) is 0.865. The first kappa shape index (κ1) is 18.5. The molecule has 6 heteroatoms. The molecule has 0 aromatic carbocycles. The topological polar surface area (TPSA) is 72.5 Å². The Kier molecular flexibility index (Phi) is 6.43. The van der Waals surface area contributed by atoms with Crippen LogP contribution in [0.4, 0.5) is 4.79 Å².